The fourth-order valence-electron chi connectivity index (χ4n) is 4.63. The van der Waals surface area contributed by atoms with Crippen LogP contribution in [-0.4, -0.2) is 43.8 Å². The van der Waals surface area contributed by atoms with Gasteiger partial charge in [-0.1, -0.05) is 78.3 Å². The Morgan fingerprint density at radius 2 is 1.45 bits per heavy atom. The van der Waals surface area contributed by atoms with E-state index in [-0.39, 0.29) is 40.2 Å². The molecule has 0 fully saturated rings. The van der Waals surface area contributed by atoms with Crippen LogP contribution in [0.15, 0.2) is 108 Å². The van der Waals surface area contributed by atoms with Crippen molar-refractivity contribution in [1.29, 1.82) is 0 Å². The Labute approximate surface area is 261 Å². The summed E-state index contributed by atoms with van der Waals surface area (Å²) in [5.74, 6) is -2.63. The Morgan fingerprint density at radius 1 is 0.841 bits per heavy atom. The number of sulfonamides is 1. The fourth-order valence-corrected chi connectivity index (χ4v) is 6.24. The van der Waals surface area contributed by atoms with Crippen molar-refractivity contribution in [1.82, 2.24) is 10.2 Å². The third-order valence-corrected chi connectivity index (χ3v) is 8.88. The number of carbonyl (C=O) groups is 2. The second kappa shape index (κ2) is 14.5. The number of carbonyl (C=O) groups excluding carboxylic acids is 2. The summed E-state index contributed by atoms with van der Waals surface area (Å²) in [6.45, 7) is 2.44. The van der Waals surface area contributed by atoms with Crippen LogP contribution in [0.5, 0.6) is 0 Å². The molecule has 0 saturated heterocycles. The van der Waals surface area contributed by atoms with E-state index in [1.807, 2.05) is 6.07 Å². The van der Waals surface area contributed by atoms with Crippen molar-refractivity contribution in [3.05, 3.63) is 131 Å². The first kappa shape index (κ1) is 32.6. The van der Waals surface area contributed by atoms with Crippen LogP contribution in [0.4, 0.5) is 14.5 Å². The van der Waals surface area contributed by atoms with E-state index in [0.29, 0.717) is 0 Å². The van der Waals surface area contributed by atoms with Crippen LogP contribution in [0.3, 0.4) is 0 Å². The summed E-state index contributed by atoms with van der Waals surface area (Å²) in [5, 5.41) is 2.49. The lowest BCUT2D eigenvalue weighted by atomic mass is 10.0. The predicted molar refractivity (Wildman–Crippen MR) is 167 cm³/mol. The molecule has 11 heteroatoms. The van der Waals surface area contributed by atoms with Crippen LogP contribution >= 0.6 is 11.6 Å². The van der Waals surface area contributed by atoms with E-state index in [1.54, 1.807) is 50.2 Å². The van der Waals surface area contributed by atoms with Crippen molar-refractivity contribution < 1.29 is 26.8 Å². The first-order valence-corrected chi connectivity index (χ1v) is 15.7. The van der Waals surface area contributed by atoms with Gasteiger partial charge < -0.3 is 10.2 Å². The van der Waals surface area contributed by atoms with Crippen molar-refractivity contribution in [2.45, 2.75) is 43.8 Å². The number of amides is 2. The Balaban J connectivity index is 1.82. The van der Waals surface area contributed by atoms with Crippen LogP contribution < -0.4 is 9.62 Å². The van der Waals surface area contributed by atoms with Gasteiger partial charge in [-0.05, 0) is 55.8 Å². The number of anilines is 1. The molecule has 0 heterocycles. The minimum Gasteiger partial charge on any atom is -0.352 e. The number of benzene rings is 4. The molecule has 4 rings (SSSR count). The number of rotatable bonds is 12. The van der Waals surface area contributed by atoms with Gasteiger partial charge in [0.05, 0.1) is 15.6 Å². The molecular formula is C33H32ClF2N3O4S. The molecule has 7 nitrogen and oxygen atoms in total. The Morgan fingerprint density at radius 3 is 2.07 bits per heavy atom. The normalized spacial score (nSPS) is 12.0. The molecule has 0 radical (unpaired) electrons. The third-order valence-electron chi connectivity index (χ3n) is 6.80. The molecule has 4 aromatic carbocycles. The fraction of sp³-hybridized carbons (Fsp3) is 0.212. The summed E-state index contributed by atoms with van der Waals surface area (Å²) < 4.78 is 57.7. The predicted octanol–water partition coefficient (Wildman–Crippen LogP) is 5.98. The number of nitrogens with one attached hydrogen (secondary N) is 1. The van der Waals surface area contributed by atoms with E-state index >= 15 is 0 Å². The second-order valence-corrected chi connectivity index (χ2v) is 12.7. The summed E-state index contributed by atoms with van der Waals surface area (Å²) in [5.41, 5.74) is 0.811. The molecule has 0 aliphatic heterocycles. The average Bonchev–Trinajstić information content (AvgIpc) is 3.00. The van der Waals surface area contributed by atoms with Crippen LogP contribution in [0.25, 0.3) is 0 Å². The smallest absolute Gasteiger partial charge is 0.264 e. The van der Waals surface area contributed by atoms with E-state index in [0.717, 1.165) is 22.0 Å². The van der Waals surface area contributed by atoms with Gasteiger partial charge in [-0.25, -0.2) is 17.2 Å². The van der Waals surface area contributed by atoms with Gasteiger partial charge in [0.1, 0.15) is 24.2 Å². The zero-order valence-electron chi connectivity index (χ0n) is 24.2. The highest BCUT2D eigenvalue weighted by Crippen LogP contribution is 2.28. The van der Waals surface area contributed by atoms with Crippen LogP contribution in [0.2, 0.25) is 5.02 Å². The summed E-state index contributed by atoms with van der Waals surface area (Å²) in [4.78, 5) is 29.0. The Hall–Kier alpha value is -4.28. The lowest BCUT2D eigenvalue weighted by molar-refractivity contribution is -0.140. The van der Waals surface area contributed by atoms with Crippen molar-refractivity contribution in [2.24, 2.45) is 0 Å². The largest absolute Gasteiger partial charge is 0.352 e. The van der Waals surface area contributed by atoms with Gasteiger partial charge in [-0.15, -0.1) is 0 Å². The summed E-state index contributed by atoms with van der Waals surface area (Å²) in [7, 11) is -4.39. The van der Waals surface area contributed by atoms with Gasteiger partial charge in [0, 0.05) is 24.6 Å². The lowest BCUT2D eigenvalue weighted by Crippen LogP contribution is -2.54. The zero-order chi connectivity index (χ0) is 31.9. The quantitative estimate of drug-likeness (QED) is 0.207. The number of halogens is 3. The maximum atomic E-state index is 14.9. The summed E-state index contributed by atoms with van der Waals surface area (Å²) in [6, 6.07) is 24.2. The van der Waals surface area contributed by atoms with E-state index in [4.69, 9.17) is 11.6 Å². The molecule has 0 aromatic heterocycles. The van der Waals surface area contributed by atoms with E-state index in [9.17, 15) is 26.8 Å². The zero-order valence-corrected chi connectivity index (χ0v) is 25.7. The maximum absolute atomic E-state index is 14.9. The summed E-state index contributed by atoms with van der Waals surface area (Å²) >= 11 is 6.02. The standard InChI is InChI=1S/C33H32ClF2N3O4S/c1-23(2)37-33(41)31(19-24-11-5-3-6-12-24)38(21-25-13-9-10-16-29(25)35)32(40)22-39(26-17-18-30(36)28(34)20-26)44(42,43)27-14-7-4-8-15-27/h3-18,20,23,31H,19,21-22H2,1-2H3,(H,37,41)/t31-/m0/s1. The maximum Gasteiger partial charge on any atom is 0.264 e. The van der Waals surface area contributed by atoms with Crippen molar-refractivity contribution >= 4 is 39.1 Å². The number of hydrogen-bond donors (Lipinski definition) is 1. The Kier molecular flexibility index (Phi) is 10.7. The van der Waals surface area contributed by atoms with Gasteiger partial charge in [0.25, 0.3) is 10.0 Å². The third kappa shape index (κ3) is 8.00. The Bertz CT molecular complexity index is 1710. The topological polar surface area (TPSA) is 86.8 Å². The highest BCUT2D eigenvalue weighted by molar-refractivity contribution is 7.92. The summed E-state index contributed by atoms with van der Waals surface area (Å²) in [6.07, 6.45) is 0.0768. The van der Waals surface area contributed by atoms with Crippen molar-refractivity contribution in [2.75, 3.05) is 10.8 Å². The molecule has 0 aliphatic carbocycles. The van der Waals surface area contributed by atoms with E-state index in [1.165, 1.54) is 53.4 Å². The SMILES string of the molecule is CC(C)NC(=O)[C@H](Cc1ccccc1)N(Cc1ccccc1F)C(=O)CN(c1ccc(F)c(Cl)c1)S(=O)(=O)c1ccccc1. The molecule has 0 unspecified atom stereocenters. The number of nitrogens with zero attached hydrogens (tertiary/aromatic N) is 2. The average molecular weight is 640 g/mol. The first-order valence-electron chi connectivity index (χ1n) is 13.9. The molecule has 1 N–H and O–H groups in total. The molecule has 0 aliphatic rings. The molecule has 44 heavy (non-hydrogen) atoms. The van der Waals surface area contributed by atoms with Crippen LogP contribution in [0.1, 0.15) is 25.0 Å². The van der Waals surface area contributed by atoms with Gasteiger partial charge in [0.15, 0.2) is 0 Å². The monoisotopic (exact) mass is 639 g/mol. The van der Waals surface area contributed by atoms with Crippen molar-refractivity contribution in [3.8, 4) is 0 Å². The molecule has 0 saturated carbocycles. The molecule has 4 aromatic rings. The van der Waals surface area contributed by atoms with E-state index in [2.05, 4.69) is 5.32 Å². The molecule has 230 valence electrons. The second-order valence-electron chi connectivity index (χ2n) is 10.4. The van der Waals surface area contributed by atoms with Crippen LogP contribution in [-0.2, 0) is 32.6 Å². The lowest BCUT2D eigenvalue weighted by Gasteiger charge is -2.34. The molecular weight excluding hydrogens is 608 g/mol. The van der Waals surface area contributed by atoms with Crippen molar-refractivity contribution in [3.63, 3.8) is 0 Å². The highest BCUT2D eigenvalue weighted by atomic mass is 35.5. The minimum absolute atomic E-state index is 0.0642. The van der Waals surface area contributed by atoms with Gasteiger partial charge in [-0.2, -0.15) is 0 Å². The molecule has 1 atom stereocenters. The van der Waals surface area contributed by atoms with E-state index < -0.39 is 46.1 Å². The highest BCUT2D eigenvalue weighted by Gasteiger charge is 2.35. The molecule has 0 bridgehead atoms. The van der Waals surface area contributed by atoms with Gasteiger partial charge >= 0.3 is 0 Å². The molecule has 2 amide bonds. The minimum atomic E-state index is -4.39. The number of hydrogen-bond acceptors (Lipinski definition) is 4. The molecule has 0 spiro atoms. The van der Waals surface area contributed by atoms with Gasteiger partial charge in [0.2, 0.25) is 11.8 Å². The van der Waals surface area contributed by atoms with Crippen LogP contribution in [0, 0.1) is 11.6 Å². The first-order chi connectivity index (χ1) is 21.0. The van der Waals surface area contributed by atoms with Gasteiger partial charge in [-0.3, -0.25) is 13.9 Å².